The SMILES string of the molecule is CC(C)NC(=O)NC(=O)COC(=O)[C@@H]1CC=CCC1. The molecular formula is C13H20N2O4. The van der Waals surface area contributed by atoms with Crippen molar-refractivity contribution in [2.75, 3.05) is 6.61 Å². The molecule has 19 heavy (non-hydrogen) atoms. The summed E-state index contributed by atoms with van der Waals surface area (Å²) in [6, 6.07) is -0.652. The normalized spacial score (nSPS) is 17.9. The number of nitrogens with one attached hydrogen (secondary N) is 2. The summed E-state index contributed by atoms with van der Waals surface area (Å²) in [5.41, 5.74) is 0. The lowest BCUT2D eigenvalue weighted by Gasteiger charge is -2.16. The van der Waals surface area contributed by atoms with Crippen molar-refractivity contribution < 1.29 is 19.1 Å². The molecule has 0 fully saturated rings. The number of imide groups is 1. The number of allylic oxidation sites excluding steroid dienone is 2. The standard InChI is InChI=1S/C13H20N2O4/c1-9(2)14-13(18)15-11(16)8-19-12(17)10-6-4-3-5-7-10/h3-4,9-10H,5-8H2,1-2H3,(H2,14,15,16,18)/t10-/m1/s1. The monoisotopic (exact) mass is 268 g/mol. The number of esters is 1. The number of ether oxygens (including phenoxy) is 1. The van der Waals surface area contributed by atoms with Crippen LogP contribution in [-0.2, 0) is 14.3 Å². The van der Waals surface area contributed by atoms with Gasteiger partial charge < -0.3 is 10.1 Å². The second kappa shape index (κ2) is 7.56. The molecule has 1 aliphatic rings. The van der Waals surface area contributed by atoms with E-state index in [1.54, 1.807) is 13.8 Å². The smallest absolute Gasteiger partial charge is 0.321 e. The predicted molar refractivity (Wildman–Crippen MR) is 69.3 cm³/mol. The number of carbonyl (C=O) groups excluding carboxylic acids is 3. The Morgan fingerprint density at radius 1 is 1.32 bits per heavy atom. The highest BCUT2D eigenvalue weighted by atomic mass is 16.5. The maximum atomic E-state index is 11.6. The average Bonchev–Trinajstić information content (AvgIpc) is 2.36. The number of rotatable bonds is 4. The van der Waals surface area contributed by atoms with Crippen LogP contribution in [0.3, 0.4) is 0 Å². The first-order valence-corrected chi connectivity index (χ1v) is 6.41. The van der Waals surface area contributed by atoms with Gasteiger partial charge in [-0.15, -0.1) is 0 Å². The summed E-state index contributed by atoms with van der Waals surface area (Å²) in [7, 11) is 0. The molecule has 1 atom stereocenters. The average molecular weight is 268 g/mol. The fourth-order valence-corrected chi connectivity index (χ4v) is 1.72. The van der Waals surface area contributed by atoms with E-state index in [1.807, 2.05) is 12.2 Å². The lowest BCUT2D eigenvalue weighted by molar-refractivity contribution is -0.152. The van der Waals surface area contributed by atoms with Crippen LogP contribution in [0, 0.1) is 5.92 Å². The van der Waals surface area contributed by atoms with Crippen molar-refractivity contribution in [2.24, 2.45) is 5.92 Å². The van der Waals surface area contributed by atoms with E-state index in [0.29, 0.717) is 6.42 Å². The van der Waals surface area contributed by atoms with Crippen LogP contribution in [0.25, 0.3) is 0 Å². The van der Waals surface area contributed by atoms with E-state index in [2.05, 4.69) is 10.6 Å². The molecule has 1 rings (SSSR count). The first-order valence-electron chi connectivity index (χ1n) is 6.41. The molecule has 1 aliphatic carbocycles. The van der Waals surface area contributed by atoms with Gasteiger partial charge in [0.25, 0.3) is 5.91 Å². The van der Waals surface area contributed by atoms with Crippen LogP contribution in [0.1, 0.15) is 33.1 Å². The topological polar surface area (TPSA) is 84.5 Å². The van der Waals surface area contributed by atoms with Gasteiger partial charge >= 0.3 is 12.0 Å². The molecular weight excluding hydrogens is 248 g/mol. The van der Waals surface area contributed by atoms with E-state index < -0.39 is 18.5 Å². The van der Waals surface area contributed by atoms with E-state index in [1.165, 1.54) is 0 Å². The zero-order valence-corrected chi connectivity index (χ0v) is 11.3. The van der Waals surface area contributed by atoms with Gasteiger partial charge in [0.05, 0.1) is 5.92 Å². The number of hydrogen-bond acceptors (Lipinski definition) is 4. The van der Waals surface area contributed by atoms with Crippen molar-refractivity contribution in [2.45, 2.75) is 39.2 Å². The third kappa shape index (κ3) is 6.03. The second-order valence-electron chi connectivity index (χ2n) is 4.77. The van der Waals surface area contributed by atoms with Crippen LogP contribution in [-0.4, -0.2) is 30.6 Å². The molecule has 0 saturated carbocycles. The summed E-state index contributed by atoms with van der Waals surface area (Å²) in [4.78, 5) is 34.2. The molecule has 6 nitrogen and oxygen atoms in total. The Labute approximate surface area is 112 Å². The first-order chi connectivity index (χ1) is 8.99. The van der Waals surface area contributed by atoms with Gasteiger partial charge in [0, 0.05) is 6.04 Å². The van der Waals surface area contributed by atoms with Gasteiger partial charge in [-0.25, -0.2) is 4.79 Å². The van der Waals surface area contributed by atoms with Crippen molar-refractivity contribution in [1.29, 1.82) is 0 Å². The van der Waals surface area contributed by atoms with E-state index in [9.17, 15) is 14.4 Å². The Hall–Kier alpha value is -1.85. The number of carbonyl (C=O) groups is 3. The minimum absolute atomic E-state index is 0.0654. The van der Waals surface area contributed by atoms with Crippen molar-refractivity contribution in [3.05, 3.63) is 12.2 Å². The maximum Gasteiger partial charge on any atom is 0.321 e. The fraction of sp³-hybridized carbons (Fsp3) is 0.615. The van der Waals surface area contributed by atoms with Crippen LogP contribution < -0.4 is 10.6 Å². The number of urea groups is 1. The first kappa shape index (κ1) is 15.2. The second-order valence-corrected chi connectivity index (χ2v) is 4.77. The fourth-order valence-electron chi connectivity index (χ4n) is 1.72. The van der Waals surface area contributed by atoms with Gasteiger partial charge in [0.2, 0.25) is 0 Å². The molecule has 2 N–H and O–H groups in total. The van der Waals surface area contributed by atoms with E-state index >= 15 is 0 Å². The highest BCUT2D eigenvalue weighted by molar-refractivity contribution is 5.95. The van der Waals surface area contributed by atoms with E-state index in [4.69, 9.17) is 4.74 Å². The van der Waals surface area contributed by atoms with Crippen LogP contribution in [0.2, 0.25) is 0 Å². The Balaban J connectivity index is 2.24. The Kier molecular flexibility index (Phi) is 6.05. The van der Waals surface area contributed by atoms with Crippen molar-refractivity contribution >= 4 is 17.9 Å². The molecule has 0 unspecified atom stereocenters. The summed E-state index contributed by atoms with van der Waals surface area (Å²) < 4.78 is 4.88. The minimum Gasteiger partial charge on any atom is -0.455 e. The summed E-state index contributed by atoms with van der Waals surface area (Å²) >= 11 is 0. The lowest BCUT2D eigenvalue weighted by atomic mass is 9.95. The van der Waals surface area contributed by atoms with E-state index in [0.717, 1.165) is 12.8 Å². The Bertz CT molecular complexity index is 377. The van der Waals surface area contributed by atoms with Gasteiger partial charge in [-0.05, 0) is 33.1 Å². The quantitative estimate of drug-likeness (QED) is 0.591. The molecule has 0 heterocycles. The van der Waals surface area contributed by atoms with Gasteiger partial charge in [0.1, 0.15) is 0 Å². The summed E-state index contributed by atoms with van der Waals surface area (Å²) in [6.45, 7) is 3.13. The third-order valence-electron chi connectivity index (χ3n) is 2.62. The number of hydrogen-bond donors (Lipinski definition) is 2. The van der Waals surface area contributed by atoms with Crippen molar-refractivity contribution in [1.82, 2.24) is 10.6 Å². The molecule has 0 aromatic rings. The predicted octanol–water partition coefficient (Wildman–Crippen LogP) is 1.12. The van der Waals surface area contributed by atoms with Gasteiger partial charge in [-0.3, -0.25) is 14.9 Å². The molecule has 0 spiro atoms. The van der Waals surface area contributed by atoms with Gasteiger partial charge in [-0.1, -0.05) is 12.2 Å². The van der Waals surface area contributed by atoms with Crippen molar-refractivity contribution in [3.63, 3.8) is 0 Å². The largest absolute Gasteiger partial charge is 0.455 e. The Morgan fingerprint density at radius 3 is 2.63 bits per heavy atom. The molecule has 0 aromatic carbocycles. The Morgan fingerprint density at radius 2 is 2.05 bits per heavy atom. The van der Waals surface area contributed by atoms with Crippen LogP contribution in [0.5, 0.6) is 0 Å². The molecule has 106 valence electrons. The molecule has 3 amide bonds. The summed E-state index contributed by atoms with van der Waals surface area (Å²) in [6.07, 6.45) is 6.19. The van der Waals surface area contributed by atoms with E-state index in [-0.39, 0.29) is 17.9 Å². The molecule has 0 aromatic heterocycles. The highest BCUT2D eigenvalue weighted by Crippen LogP contribution is 2.19. The van der Waals surface area contributed by atoms with Crippen LogP contribution in [0.4, 0.5) is 4.79 Å². The third-order valence-corrected chi connectivity index (χ3v) is 2.62. The zero-order chi connectivity index (χ0) is 14.3. The van der Waals surface area contributed by atoms with Crippen LogP contribution >= 0.6 is 0 Å². The van der Waals surface area contributed by atoms with Gasteiger partial charge in [-0.2, -0.15) is 0 Å². The zero-order valence-electron chi connectivity index (χ0n) is 11.3. The van der Waals surface area contributed by atoms with Gasteiger partial charge in [0.15, 0.2) is 6.61 Å². The van der Waals surface area contributed by atoms with Crippen LogP contribution in [0.15, 0.2) is 12.2 Å². The van der Waals surface area contributed by atoms with Crippen molar-refractivity contribution in [3.8, 4) is 0 Å². The molecule has 0 bridgehead atoms. The molecule has 0 saturated heterocycles. The number of amides is 3. The molecule has 6 heteroatoms. The molecule has 0 aliphatic heterocycles. The molecule has 0 radical (unpaired) electrons. The summed E-state index contributed by atoms with van der Waals surface area (Å²) in [5, 5.41) is 4.59. The highest BCUT2D eigenvalue weighted by Gasteiger charge is 2.21. The maximum absolute atomic E-state index is 11.6. The minimum atomic E-state index is -0.627. The lowest BCUT2D eigenvalue weighted by Crippen LogP contribution is -2.44. The summed E-state index contributed by atoms with van der Waals surface area (Å²) in [5.74, 6) is -1.19.